The van der Waals surface area contributed by atoms with Gasteiger partial charge in [-0.3, -0.25) is 4.79 Å². The number of sulfonamides is 1. The number of nitrogens with two attached hydrogens (primary N) is 1. The smallest absolute Gasteiger partial charge is 0.254 e. The van der Waals surface area contributed by atoms with E-state index in [0.717, 1.165) is 24.6 Å². The number of rotatable bonds is 4. The minimum Gasteiger partial charge on any atom is -0.352 e. The molecule has 0 aliphatic heterocycles. The van der Waals surface area contributed by atoms with Gasteiger partial charge in [0.05, 0.1) is 10.5 Å². The van der Waals surface area contributed by atoms with E-state index in [2.05, 4.69) is 19.2 Å². The van der Waals surface area contributed by atoms with E-state index in [4.69, 9.17) is 5.14 Å². The zero-order chi connectivity index (χ0) is 15.1. The molecule has 1 atom stereocenters. The number of carbonyl (C=O) groups is 1. The molecule has 1 fully saturated rings. The molecule has 0 saturated heterocycles. The van der Waals surface area contributed by atoms with Gasteiger partial charge in [0.15, 0.2) is 0 Å². The highest BCUT2D eigenvalue weighted by molar-refractivity contribution is 7.89. The molecule has 1 aromatic carbocycles. The van der Waals surface area contributed by atoms with Gasteiger partial charge in [0.25, 0.3) is 5.91 Å². The Kier molecular flexibility index (Phi) is 3.60. The third-order valence-corrected chi connectivity index (χ3v) is 4.65. The number of hydrogen-bond acceptors (Lipinski definition) is 3. The Balaban J connectivity index is 2.13. The minimum atomic E-state index is -3.96. The zero-order valence-electron chi connectivity index (χ0n) is 11.3. The van der Waals surface area contributed by atoms with Crippen molar-refractivity contribution in [2.45, 2.75) is 25.2 Å². The second kappa shape index (κ2) is 4.82. The number of nitrogens with one attached hydrogen (secondary N) is 1. The molecule has 1 aliphatic carbocycles. The average molecular weight is 300 g/mol. The number of primary sulfonamides is 1. The van der Waals surface area contributed by atoms with Crippen molar-refractivity contribution in [2.24, 2.45) is 16.5 Å². The van der Waals surface area contributed by atoms with Crippen molar-refractivity contribution in [3.05, 3.63) is 29.6 Å². The lowest BCUT2D eigenvalue weighted by Crippen LogP contribution is -2.27. The van der Waals surface area contributed by atoms with Gasteiger partial charge in [-0.2, -0.15) is 0 Å². The molecule has 1 unspecified atom stereocenters. The second-order valence-corrected chi connectivity index (χ2v) is 7.35. The summed E-state index contributed by atoms with van der Waals surface area (Å²) in [6.07, 6.45) is 1.01. The van der Waals surface area contributed by atoms with E-state index in [-0.39, 0.29) is 15.9 Å². The zero-order valence-corrected chi connectivity index (χ0v) is 12.1. The van der Waals surface area contributed by atoms with E-state index in [0.29, 0.717) is 12.5 Å². The van der Waals surface area contributed by atoms with E-state index < -0.39 is 21.7 Å². The van der Waals surface area contributed by atoms with Gasteiger partial charge in [0, 0.05) is 6.54 Å². The van der Waals surface area contributed by atoms with Crippen LogP contribution < -0.4 is 10.5 Å². The molecule has 110 valence electrons. The molecular formula is C13H17FN2O3S. The predicted molar refractivity (Wildman–Crippen MR) is 72.0 cm³/mol. The van der Waals surface area contributed by atoms with Crippen LogP contribution in [0.15, 0.2) is 23.1 Å². The molecule has 0 spiro atoms. The van der Waals surface area contributed by atoms with Crippen LogP contribution in [-0.2, 0) is 10.0 Å². The molecule has 0 heterocycles. The minimum absolute atomic E-state index is 0.203. The van der Waals surface area contributed by atoms with E-state index >= 15 is 0 Å². The molecule has 20 heavy (non-hydrogen) atoms. The van der Waals surface area contributed by atoms with Crippen LogP contribution in [-0.4, -0.2) is 20.9 Å². The van der Waals surface area contributed by atoms with Gasteiger partial charge in [-0.15, -0.1) is 0 Å². The fraction of sp³-hybridized carbons (Fsp3) is 0.462. The van der Waals surface area contributed by atoms with Crippen LogP contribution in [0.5, 0.6) is 0 Å². The summed E-state index contributed by atoms with van der Waals surface area (Å²) in [6, 6.07) is 2.92. The van der Waals surface area contributed by atoms with Gasteiger partial charge in [-0.1, -0.05) is 13.8 Å². The van der Waals surface area contributed by atoms with Crippen molar-refractivity contribution in [3.63, 3.8) is 0 Å². The number of halogens is 1. The van der Waals surface area contributed by atoms with Crippen LogP contribution in [0.25, 0.3) is 0 Å². The summed E-state index contributed by atoms with van der Waals surface area (Å²) in [5, 5.41) is 7.58. The van der Waals surface area contributed by atoms with Gasteiger partial charge in [0.1, 0.15) is 5.82 Å². The molecule has 5 nitrogen and oxygen atoms in total. The second-order valence-electron chi connectivity index (χ2n) is 5.79. The van der Waals surface area contributed by atoms with Crippen molar-refractivity contribution in [3.8, 4) is 0 Å². The Morgan fingerprint density at radius 1 is 1.50 bits per heavy atom. The summed E-state index contributed by atoms with van der Waals surface area (Å²) in [5.41, 5.74) is -0.108. The first-order chi connectivity index (χ1) is 9.11. The van der Waals surface area contributed by atoms with E-state index in [1.807, 2.05) is 0 Å². The molecule has 0 radical (unpaired) electrons. The maximum Gasteiger partial charge on any atom is 0.254 e. The highest BCUT2D eigenvalue weighted by atomic mass is 32.2. The lowest BCUT2D eigenvalue weighted by molar-refractivity contribution is 0.0946. The molecule has 2 rings (SSSR count). The molecule has 1 aromatic rings. The van der Waals surface area contributed by atoms with Gasteiger partial charge in [0.2, 0.25) is 10.0 Å². The van der Waals surface area contributed by atoms with Crippen molar-refractivity contribution in [2.75, 3.05) is 6.54 Å². The van der Waals surface area contributed by atoms with Gasteiger partial charge in [-0.25, -0.2) is 17.9 Å². The summed E-state index contributed by atoms with van der Waals surface area (Å²) >= 11 is 0. The molecular weight excluding hydrogens is 283 g/mol. The Hall–Kier alpha value is -1.47. The van der Waals surface area contributed by atoms with Crippen LogP contribution in [0.1, 0.15) is 30.6 Å². The van der Waals surface area contributed by atoms with Crippen LogP contribution in [0, 0.1) is 17.2 Å². The Bertz CT molecular complexity index is 656. The normalized spacial score (nSPS) is 20.5. The summed E-state index contributed by atoms with van der Waals surface area (Å²) in [6.45, 7) is 4.63. The maximum absolute atomic E-state index is 13.6. The molecule has 1 amide bonds. The lowest BCUT2D eigenvalue weighted by Gasteiger charge is -2.08. The molecule has 7 heteroatoms. The predicted octanol–water partition coefficient (Wildman–Crippen LogP) is 1.25. The maximum atomic E-state index is 13.6. The number of benzene rings is 1. The highest BCUT2D eigenvalue weighted by Gasteiger charge is 2.45. The standard InChI is InChI=1S/C13H17FN2O3S/c1-13(2)6-8(13)7-16-12(17)10-5-9(20(15,18)19)3-4-11(10)14/h3-5,8H,6-7H2,1-2H3,(H,16,17)(H2,15,18,19). The topological polar surface area (TPSA) is 89.3 Å². The SMILES string of the molecule is CC1(C)CC1CNC(=O)c1cc(S(N)(=O)=O)ccc1F. The van der Waals surface area contributed by atoms with E-state index in [9.17, 15) is 17.6 Å². The number of hydrogen-bond donors (Lipinski definition) is 2. The van der Waals surface area contributed by atoms with Crippen LogP contribution in [0.4, 0.5) is 4.39 Å². The molecule has 3 N–H and O–H groups in total. The summed E-state index contributed by atoms with van der Waals surface area (Å²) in [7, 11) is -3.96. The molecule has 0 aromatic heterocycles. The monoisotopic (exact) mass is 300 g/mol. The number of amides is 1. The van der Waals surface area contributed by atoms with Crippen LogP contribution in [0.3, 0.4) is 0 Å². The first-order valence-corrected chi connectivity index (χ1v) is 7.76. The Labute approximate surface area is 117 Å². The third kappa shape index (κ3) is 3.16. The first kappa shape index (κ1) is 14.9. The first-order valence-electron chi connectivity index (χ1n) is 6.22. The highest BCUT2D eigenvalue weighted by Crippen LogP contribution is 2.50. The van der Waals surface area contributed by atoms with Crippen molar-refractivity contribution in [1.82, 2.24) is 5.32 Å². The largest absolute Gasteiger partial charge is 0.352 e. The van der Waals surface area contributed by atoms with Crippen LogP contribution >= 0.6 is 0 Å². The summed E-state index contributed by atoms with van der Waals surface area (Å²) in [5.74, 6) is -1.03. The molecule has 1 saturated carbocycles. The van der Waals surface area contributed by atoms with Crippen LogP contribution in [0.2, 0.25) is 0 Å². The Morgan fingerprint density at radius 3 is 2.60 bits per heavy atom. The summed E-state index contributed by atoms with van der Waals surface area (Å²) in [4.78, 5) is 11.6. The average Bonchev–Trinajstić information content (AvgIpc) is 2.93. The fourth-order valence-electron chi connectivity index (χ4n) is 2.09. The molecule has 1 aliphatic rings. The van der Waals surface area contributed by atoms with Crippen molar-refractivity contribution in [1.29, 1.82) is 0 Å². The van der Waals surface area contributed by atoms with Gasteiger partial charge in [-0.05, 0) is 36.0 Å². The third-order valence-electron chi connectivity index (χ3n) is 3.74. The van der Waals surface area contributed by atoms with Gasteiger partial charge < -0.3 is 5.32 Å². The molecule has 0 bridgehead atoms. The van der Waals surface area contributed by atoms with E-state index in [1.54, 1.807) is 0 Å². The van der Waals surface area contributed by atoms with Crippen molar-refractivity contribution >= 4 is 15.9 Å². The quantitative estimate of drug-likeness (QED) is 0.877. The Morgan fingerprint density at radius 2 is 2.10 bits per heavy atom. The van der Waals surface area contributed by atoms with Gasteiger partial charge >= 0.3 is 0 Å². The number of carbonyl (C=O) groups excluding carboxylic acids is 1. The summed E-state index contributed by atoms with van der Waals surface area (Å²) < 4.78 is 36.0. The van der Waals surface area contributed by atoms with E-state index in [1.165, 1.54) is 0 Å². The lowest BCUT2D eigenvalue weighted by atomic mass is 10.1. The van der Waals surface area contributed by atoms with Crippen molar-refractivity contribution < 1.29 is 17.6 Å². The fourth-order valence-corrected chi connectivity index (χ4v) is 2.63.